The van der Waals surface area contributed by atoms with Gasteiger partial charge in [0.1, 0.15) is 0 Å². The first kappa shape index (κ1) is 17.1. The van der Waals surface area contributed by atoms with Crippen LogP contribution in [0.4, 0.5) is 0 Å². The van der Waals surface area contributed by atoms with Crippen molar-refractivity contribution in [1.82, 2.24) is 9.71 Å². The Kier molecular flexibility index (Phi) is 5.12. The lowest BCUT2D eigenvalue weighted by Gasteiger charge is -2.15. The number of aromatic nitrogens is 1. The van der Waals surface area contributed by atoms with Gasteiger partial charge in [-0.3, -0.25) is 4.98 Å². The molecule has 0 fully saturated rings. The van der Waals surface area contributed by atoms with Gasteiger partial charge in [-0.05, 0) is 43.7 Å². The quantitative estimate of drug-likeness (QED) is 0.847. The van der Waals surface area contributed by atoms with Crippen molar-refractivity contribution in [1.29, 1.82) is 0 Å². The highest BCUT2D eigenvalue weighted by atomic mass is 32.2. The SMILES string of the molecule is COC(=O)c1ccc(C)c(S(=O)(=O)N[C@@H](C)c2ccccn2)c1. The first-order valence-corrected chi connectivity index (χ1v) is 8.45. The van der Waals surface area contributed by atoms with Gasteiger partial charge < -0.3 is 4.74 Å². The van der Waals surface area contributed by atoms with Crippen molar-refractivity contribution in [2.75, 3.05) is 7.11 Å². The van der Waals surface area contributed by atoms with Gasteiger partial charge in [0.15, 0.2) is 0 Å². The van der Waals surface area contributed by atoms with Crippen molar-refractivity contribution in [3.63, 3.8) is 0 Å². The van der Waals surface area contributed by atoms with Crippen LogP contribution in [-0.2, 0) is 14.8 Å². The summed E-state index contributed by atoms with van der Waals surface area (Å²) in [5, 5.41) is 0. The molecule has 0 spiro atoms. The number of pyridine rings is 1. The van der Waals surface area contributed by atoms with Crippen LogP contribution in [0.25, 0.3) is 0 Å². The minimum atomic E-state index is -3.80. The number of rotatable bonds is 5. The van der Waals surface area contributed by atoms with E-state index in [1.165, 1.54) is 19.2 Å². The maximum atomic E-state index is 12.6. The van der Waals surface area contributed by atoms with Crippen molar-refractivity contribution < 1.29 is 17.9 Å². The molecule has 0 saturated heterocycles. The Morgan fingerprint density at radius 3 is 2.61 bits per heavy atom. The normalized spacial score (nSPS) is 12.7. The van der Waals surface area contributed by atoms with Crippen molar-refractivity contribution in [2.24, 2.45) is 0 Å². The lowest BCUT2D eigenvalue weighted by atomic mass is 10.1. The number of hydrogen-bond acceptors (Lipinski definition) is 5. The summed E-state index contributed by atoms with van der Waals surface area (Å²) in [7, 11) is -2.55. The summed E-state index contributed by atoms with van der Waals surface area (Å²) in [5.74, 6) is -0.584. The minimum absolute atomic E-state index is 0.0446. The summed E-state index contributed by atoms with van der Waals surface area (Å²) in [5.41, 5.74) is 1.33. The third-order valence-electron chi connectivity index (χ3n) is 3.36. The maximum Gasteiger partial charge on any atom is 0.337 e. The molecule has 2 aromatic rings. The molecule has 0 aliphatic heterocycles. The molecule has 1 aromatic heterocycles. The summed E-state index contributed by atoms with van der Waals surface area (Å²) in [6.45, 7) is 3.38. The van der Waals surface area contributed by atoms with Crippen LogP contribution in [0, 0.1) is 6.92 Å². The van der Waals surface area contributed by atoms with E-state index in [1.54, 1.807) is 44.3 Å². The Morgan fingerprint density at radius 2 is 2.00 bits per heavy atom. The zero-order valence-electron chi connectivity index (χ0n) is 13.1. The summed E-state index contributed by atoms with van der Waals surface area (Å²) in [6, 6.07) is 9.21. The number of sulfonamides is 1. The Balaban J connectivity index is 2.34. The van der Waals surface area contributed by atoms with Crippen molar-refractivity contribution in [3.8, 4) is 0 Å². The van der Waals surface area contributed by atoms with Crippen LogP contribution in [0.15, 0.2) is 47.5 Å². The zero-order valence-corrected chi connectivity index (χ0v) is 13.9. The van der Waals surface area contributed by atoms with Crippen LogP contribution in [0.1, 0.15) is 34.6 Å². The molecule has 1 N–H and O–H groups in total. The molecule has 1 heterocycles. The molecule has 23 heavy (non-hydrogen) atoms. The summed E-state index contributed by atoms with van der Waals surface area (Å²) >= 11 is 0. The van der Waals surface area contributed by atoms with E-state index in [0.29, 0.717) is 11.3 Å². The third kappa shape index (κ3) is 3.94. The number of nitrogens with one attached hydrogen (secondary N) is 1. The zero-order chi connectivity index (χ0) is 17.0. The molecular weight excluding hydrogens is 316 g/mol. The molecule has 7 heteroatoms. The highest BCUT2D eigenvalue weighted by Gasteiger charge is 2.22. The number of esters is 1. The fraction of sp³-hybridized carbons (Fsp3) is 0.250. The van der Waals surface area contributed by atoms with Crippen LogP contribution >= 0.6 is 0 Å². The molecule has 0 unspecified atom stereocenters. The van der Waals surface area contributed by atoms with Gasteiger partial charge in [-0.15, -0.1) is 0 Å². The van der Waals surface area contributed by atoms with Crippen LogP contribution in [0.5, 0.6) is 0 Å². The van der Waals surface area contributed by atoms with E-state index >= 15 is 0 Å². The molecule has 0 radical (unpaired) electrons. The van der Waals surface area contributed by atoms with E-state index < -0.39 is 22.0 Å². The Morgan fingerprint density at radius 1 is 1.26 bits per heavy atom. The number of carbonyl (C=O) groups is 1. The van der Waals surface area contributed by atoms with E-state index in [-0.39, 0.29) is 10.5 Å². The van der Waals surface area contributed by atoms with E-state index in [4.69, 9.17) is 0 Å². The number of benzene rings is 1. The van der Waals surface area contributed by atoms with E-state index in [1.807, 2.05) is 0 Å². The fourth-order valence-electron chi connectivity index (χ4n) is 2.12. The summed E-state index contributed by atoms with van der Waals surface area (Å²) in [4.78, 5) is 15.8. The molecule has 0 amide bonds. The van der Waals surface area contributed by atoms with E-state index in [9.17, 15) is 13.2 Å². The van der Waals surface area contributed by atoms with Crippen LogP contribution in [0.3, 0.4) is 0 Å². The van der Waals surface area contributed by atoms with Crippen molar-refractivity contribution >= 4 is 16.0 Å². The molecule has 122 valence electrons. The highest BCUT2D eigenvalue weighted by molar-refractivity contribution is 7.89. The van der Waals surface area contributed by atoms with Crippen LogP contribution in [0.2, 0.25) is 0 Å². The monoisotopic (exact) mass is 334 g/mol. The topological polar surface area (TPSA) is 85.4 Å². The standard InChI is InChI=1S/C16H18N2O4S/c1-11-7-8-13(16(19)22-3)10-15(11)23(20,21)18-12(2)14-6-4-5-9-17-14/h4-10,12,18H,1-3H3/t12-/m0/s1. The number of aryl methyl sites for hydroxylation is 1. The number of carbonyl (C=O) groups excluding carboxylic acids is 1. The average molecular weight is 334 g/mol. The summed E-state index contributed by atoms with van der Waals surface area (Å²) in [6.07, 6.45) is 1.60. The van der Waals surface area contributed by atoms with Gasteiger partial charge >= 0.3 is 5.97 Å². The number of hydrogen-bond donors (Lipinski definition) is 1. The molecule has 6 nitrogen and oxygen atoms in total. The predicted octanol–water partition coefficient (Wildman–Crippen LogP) is 2.22. The highest BCUT2D eigenvalue weighted by Crippen LogP contribution is 2.20. The van der Waals surface area contributed by atoms with Gasteiger partial charge in [-0.25, -0.2) is 17.9 Å². The molecule has 1 atom stereocenters. The second-order valence-electron chi connectivity index (χ2n) is 5.07. The van der Waals surface area contributed by atoms with E-state index in [2.05, 4.69) is 14.4 Å². The lowest BCUT2D eigenvalue weighted by molar-refractivity contribution is 0.0600. The fourth-order valence-corrected chi connectivity index (χ4v) is 3.61. The smallest absolute Gasteiger partial charge is 0.337 e. The first-order valence-electron chi connectivity index (χ1n) is 6.97. The number of nitrogens with zero attached hydrogens (tertiary/aromatic N) is 1. The predicted molar refractivity (Wildman–Crippen MR) is 85.5 cm³/mol. The summed E-state index contributed by atoms with van der Waals surface area (Å²) < 4.78 is 32.4. The molecule has 0 bridgehead atoms. The third-order valence-corrected chi connectivity index (χ3v) is 5.04. The molecule has 0 aliphatic carbocycles. The first-order chi connectivity index (χ1) is 10.8. The van der Waals surface area contributed by atoms with Gasteiger partial charge in [0, 0.05) is 6.20 Å². The second kappa shape index (κ2) is 6.89. The molecule has 0 aliphatic rings. The van der Waals surface area contributed by atoms with E-state index in [0.717, 1.165) is 0 Å². The number of ether oxygens (including phenoxy) is 1. The second-order valence-corrected chi connectivity index (χ2v) is 6.75. The van der Waals surface area contributed by atoms with Crippen molar-refractivity contribution in [3.05, 3.63) is 59.4 Å². The van der Waals surface area contributed by atoms with Crippen LogP contribution < -0.4 is 4.72 Å². The Labute approximate surface area is 135 Å². The Hall–Kier alpha value is -2.25. The van der Waals surface area contributed by atoms with Gasteiger partial charge in [0.05, 0.1) is 29.3 Å². The van der Waals surface area contributed by atoms with Crippen LogP contribution in [-0.4, -0.2) is 26.5 Å². The molecule has 1 aromatic carbocycles. The minimum Gasteiger partial charge on any atom is -0.465 e. The van der Waals surface area contributed by atoms with Gasteiger partial charge in [-0.1, -0.05) is 12.1 Å². The molecular formula is C16H18N2O4S. The number of methoxy groups -OCH3 is 1. The lowest BCUT2D eigenvalue weighted by Crippen LogP contribution is -2.28. The Bertz CT molecular complexity index is 804. The van der Waals surface area contributed by atoms with Gasteiger partial charge in [0.2, 0.25) is 10.0 Å². The largest absolute Gasteiger partial charge is 0.465 e. The molecule has 2 rings (SSSR count). The van der Waals surface area contributed by atoms with Gasteiger partial charge in [0.25, 0.3) is 0 Å². The maximum absolute atomic E-state index is 12.6. The van der Waals surface area contributed by atoms with Crippen molar-refractivity contribution in [2.45, 2.75) is 24.8 Å². The van der Waals surface area contributed by atoms with Gasteiger partial charge in [-0.2, -0.15) is 0 Å². The molecule has 0 saturated carbocycles. The average Bonchev–Trinajstić information content (AvgIpc) is 2.54.